The summed E-state index contributed by atoms with van der Waals surface area (Å²) in [5.41, 5.74) is 2.34. The number of aromatic nitrogens is 3. The number of pyridine rings is 1. The van der Waals surface area contributed by atoms with Crippen LogP contribution >= 0.6 is 0 Å². The zero-order valence-corrected chi connectivity index (χ0v) is 18.5. The van der Waals surface area contributed by atoms with Crippen molar-refractivity contribution in [2.45, 2.75) is 44.8 Å². The minimum Gasteiger partial charge on any atom is -0.481 e. The number of hydrogen-bond donors (Lipinski definition) is 0. The molecule has 2 aromatic heterocycles. The number of fused-ring (bicyclic) bond motifs is 1. The molecule has 1 saturated heterocycles. The van der Waals surface area contributed by atoms with Gasteiger partial charge in [0.25, 0.3) is 0 Å². The van der Waals surface area contributed by atoms with E-state index in [0.717, 1.165) is 42.5 Å². The van der Waals surface area contributed by atoms with Gasteiger partial charge in [0.1, 0.15) is 17.5 Å². The van der Waals surface area contributed by atoms with Gasteiger partial charge in [0.2, 0.25) is 5.88 Å². The fourth-order valence-corrected chi connectivity index (χ4v) is 5.15. The van der Waals surface area contributed by atoms with Gasteiger partial charge in [0.05, 0.1) is 48.5 Å². The Kier molecular flexibility index (Phi) is 5.16. The molecule has 2 fully saturated rings. The highest BCUT2D eigenvalue weighted by molar-refractivity contribution is 5.91. The van der Waals surface area contributed by atoms with Gasteiger partial charge in [0.15, 0.2) is 0 Å². The fourth-order valence-electron chi connectivity index (χ4n) is 5.15. The van der Waals surface area contributed by atoms with E-state index in [1.54, 1.807) is 36.7 Å². The molecule has 1 aromatic carbocycles. The number of rotatable bonds is 4. The van der Waals surface area contributed by atoms with Crippen LogP contribution in [-0.4, -0.2) is 39.9 Å². The number of ether oxygens (including phenoxy) is 2. The summed E-state index contributed by atoms with van der Waals surface area (Å²) in [5.74, 6) is 0.200. The van der Waals surface area contributed by atoms with Gasteiger partial charge in [-0.2, -0.15) is 5.26 Å². The Labute approximate surface area is 190 Å². The van der Waals surface area contributed by atoms with E-state index in [0.29, 0.717) is 24.5 Å². The molecule has 1 aliphatic heterocycles. The first-order valence-electron chi connectivity index (χ1n) is 11.0. The first-order valence-corrected chi connectivity index (χ1v) is 11.0. The van der Waals surface area contributed by atoms with E-state index < -0.39 is 11.4 Å². The molecule has 1 aliphatic carbocycles. The Morgan fingerprint density at radius 2 is 2.21 bits per heavy atom. The van der Waals surface area contributed by atoms with Crippen molar-refractivity contribution in [1.29, 1.82) is 5.26 Å². The smallest absolute Gasteiger partial charge is 0.415 e. The van der Waals surface area contributed by atoms with E-state index in [2.05, 4.69) is 9.97 Å². The third kappa shape index (κ3) is 3.75. The fraction of sp³-hybridized carbons (Fsp3) is 0.417. The molecule has 0 radical (unpaired) electrons. The number of aryl methyl sites for hydroxylation is 1. The molecular formula is C24H24FN5O3. The lowest BCUT2D eigenvalue weighted by Crippen LogP contribution is -2.40. The molecule has 3 heterocycles. The van der Waals surface area contributed by atoms with Crippen molar-refractivity contribution in [1.82, 2.24) is 14.5 Å². The van der Waals surface area contributed by atoms with E-state index in [-0.39, 0.29) is 17.6 Å². The van der Waals surface area contributed by atoms with Gasteiger partial charge >= 0.3 is 6.09 Å². The van der Waals surface area contributed by atoms with E-state index in [4.69, 9.17) is 9.47 Å². The van der Waals surface area contributed by atoms with Crippen LogP contribution in [0.4, 0.5) is 14.9 Å². The third-order valence-corrected chi connectivity index (χ3v) is 6.72. The summed E-state index contributed by atoms with van der Waals surface area (Å²) in [7, 11) is 1.56. The number of halogens is 1. The van der Waals surface area contributed by atoms with Crippen LogP contribution in [-0.2, 0) is 11.3 Å². The summed E-state index contributed by atoms with van der Waals surface area (Å²) in [4.78, 5) is 23.0. The van der Waals surface area contributed by atoms with Crippen LogP contribution in [0.2, 0.25) is 0 Å². The molecule has 8 nitrogen and oxygen atoms in total. The number of carbonyl (C=O) groups is 1. The molecule has 3 aromatic rings. The van der Waals surface area contributed by atoms with Gasteiger partial charge in [-0.1, -0.05) is 0 Å². The van der Waals surface area contributed by atoms with Gasteiger partial charge in [-0.25, -0.2) is 19.2 Å². The maximum atomic E-state index is 13.9. The molecule has 0 N–H and O–H groups in total. The first-order chi connectivity index (χ1) is 15.9. The Morgan fingerprint density at radius 3 is 2.97 bits per heavy atom. The maximum Gasteiger partial charge on any atom is 0.415 e. The van der Waals surface area contributed by atoms with Gasteiger partial charge in [0, 0.05) is 18.7 Å². The summed E-state index contributed by atoms with van der Waals surface area (Å²) in [6.45, 7) is 3.06. The molecule has 170 valence electrons. The Morgan fingerprint density at radius 1 is 1.36 bits per heavy atom. The summed E-state index contributed by atoms with van der Waals surface area (Å²) in [6.07, 6.45) is 6.45. The molecule has 0 unspecified atom stereocenters. The second kappa shape index (κ2) is 8.03. The second-order valence-electron chi connectivity index (χ2n) is 8.94. The van der Waals surface area contributed by atoms with Crippen molar-refractivity contribution in [3.05, 3.63) is 47.7 Å². The molecule has 1 saturated carbocycles. The number of benzene rings is 1. The number of nitriles is 1. The second-order valence-corrected chi connectivity index (χ2v) is 8.94. The first kappa shape index (κ1) is 21.2. The van der Waals surface area contributed by atoms with E-state index in [9.17, 15) is 14.4 Å². The molecule has 1 spiro atoms. The third-order valence-electron chi connectivity index (χ3n) is 6.72. The number of carbonyl (C=O) groups excluding carboxylic acids is 1. The number of hydrogen-bond acceptors (Lipinski definition) is 6. The highest BCUT2D eigenvalue weighted by Crippen LogP contribution is 2.42. The molecule has 0 bridgehead atoms. The predicted molar refractivity (Wildman–Crippen MR) is 118 cm³/mol. The highest BCUT2D eigenvalue weighted by atomic mass is 19.1. The molecule has 33 heavy (non-hydrogen) atoms. The van der Waals surface area contributed by atoms with Crippen LogP contribution in [0.25, 0.3) is 11.0 Å². The van der Waals surface area contributed by atoms with E-state index >= 15 is 0 Å². The lowest BCUT2D eigenvalue weighted by Gasteiger charge is -2.36. The van der Waals surface area contributed by atoms with Crippen LogP contribution in [0.3, 0.4) is 0 Å². The summed E-state index contributed by atoms with van der Waals surface area (Å²) < 4.78 is 27.0. The number of anilines is 1. The van der Waals surface area contributed by atoms with Crippen molar-refractivity contribution < 1.29 is 18.7 Å². The standard InChI is InChI=1S/C24H24FN5O3/c1-15-6-22(32-2)27-11-21(15)30-13-24(33-23(30)31)5-3-4-16(9-24)12-29-14-28-19-8-18(25)17(10-26)7-20(19)29/h6-8,11,14,16H,3-5,9,12-13H2,1-2H3/t16-,24-/m0/s1. The predicted octanol–water partition coefficient (Wildman–Crippen LogP) is 4.34. The Hall–Kier alpha value is -3.67. The lowest BCUT2D eigenvalue weighted by atomic mass is 9.78. The quantitative estimate of drug-likeness (QED) is 0.588. The highest BCUT2D eigenvalue weighted by Gasteiger charge is 2.48. The van der Waals surface area contributed by atoms with Gasteiger partial charge < -0.3 is 14.0 Å². The van der Waals surface area contributed by atoms with E-state index in [1.807, 2.05) is 17.6 Å². The van der Waals surface area contributed by atoms with Crippen LogP contribution in [0.1, 0.15) is 36.8 Å². The molecule has 1 amide bonds. The number of imidazole rings is 1. The maximum absolute atomic E-state index is 13.9. The lowest BCUT2D eigenvalue weighted by molar-refractivity contribution is 0.00439. The normalized spacial score (nSPS) is 22.5. The minimum atomic E-state index is -0.562. The summed E-state index contributed by atoms with van der Waals surface area (Å²) in [5, 5.41) is 9.18. The summed E-state index contributed by atoms with van der Waals surface area (Å²) in [6, 6.07) is 6.55. The molecule has 2 aliphatic rings. The Bertz CT molecular complexity index is 1280. The molecule has 2 atom stereocenters. The van der Waals surface area contributed by atoms with Gasteiger partial charge in [-0.3, -0.25) is 4.90 Å². The number of amides is 1. The Balaban J connectivity index is 1.36. The van der Waals surface area contributed by atoms with Crippen molar-refractivity contribution in [3.8, 4) is 11.9 Å². The monoisotopic (exact) mass is 449 g/mol. The van der Waals surface area contributed by atoms with Crippen LogP contribution in [0, 0.1) is 30.0 Å². The largest absolute Gasteiger partial charge is 0.481 e. The zero-order chi connectivity index (χ0) is 23.2. The van der Waals surface area contributed by atoms with Crippen LogP contribution < -0.4 is 9.64 Å². The number of nitrogens with zero attached hydrogens (tertiary/aromatic N) is 5. The van der Waals surface area contributed by atoms with E-state index in [1.165, 1.54) is 6.07 Å². The number of methoxy groups -OCH3 is 1. The van der Waals surface area contributed by atoms with Crippen molar-refractivity contribution in [2.75, 3.05) is 18.6 Å². The molecule has 9 heteroatoms. The summed E-state index contributed by atoms with van der Waals surface area (Å²) >= 11 is 0. The minimum absolute atomic E-state index is 0.00759. The molecule has 5 rings (SSSR count). The average molecular weight is 449 g/mol. The SMILES string of the molecule is COc1cc(C)c(N2C[C@@]3(CCC[C@H](Cn4cnc5cc(F)c(C#N)cc54)C3)OC2=O)cn1. The van der Waals surface area contributed by atoms with Crippen molar-refractivity contribution in [3.63, 3.8) is 0 Å². The molecular weight excluding hydrogens is 425 g/mol. The van der Waals surface area contributed by atoms with Gasteiger partial charge in [-0.15, -0.1) is 0 Å². The zero-order valence-electron chi connectivity index (χ0n) is 18.5. The average Bonchev–Trinajstić information content (AvgIpc) is 3.32. The topological polar surface area (TPSA) is 93.3 Å². The van der Waals surface area contributed by atoms with Crippen molar-refractivity contribution >= 4 is 22.8 Å². The van der Waals surface area contributed by atoms with Crippen LogP contribution in [0.15, 0.2) is 30.7 Å². The van der Waals surface area contributed by atoms with Gasteiger partial charge in [-0.05, 0) is 50.2 Å². The van der Waals surface area contributed by atoms with Crippen molar-refractivity contribution in [2.24, 2.45) is 5.92 Å². The van der Waals surface area contributed by atoms with Crippen LogP contribution in [0.5, 0.6) is 5.88 Å².